The number of thioether (sulfide) groups is 1. The highest BCUT2D eigenvalue weighted by molar-refractivity contribution is 9.10. The molecule has 2 aromatic carbocycles. The number of carbonyl (C=O) groups is 2. The highest BCUT2D eigenvalue weighted by Gasteiger charge is 2.34. The molecule has 0 unspecified atom stereocenters. The van der Waals surface area contributed by atoms with E-state index in [1.807, 2.05) is 19.1 Å². The lowest BCUT2D eigenvalue weighted by Crippen LogP contribution is -2.14. The minimum atomic E-state index is -0.772. The van der Waals surface area contributed by atoms with Crippen molar-refractivity contribution in [2.24, 2.45) is 4.99 Å². The molecule has 0 atom stereocenters. The van der Waals surface area contributed by atoms with E-state index in [0.29, 0.717) is 22.8 Å². The molecule has 166 valence electrons. The van der Waals surface area contributed by atoms with Crippen LogP contribution in [0.15, 0.2) is 68.2 Å². The summed E-state index contributed by atoms with van der Waals surface area (Å²) in [6, 6.07) is 11.9. The van der Waals surface area contributed by atoms with E-state index in [9.17, 15) is 14.7 Å². The number of aliphatic hydroxyl groups excluding tert-OH is 1. The Morgan fingerprint density at radius 3 is 2.62 bits per heavy atom. The van der Waals surface area contributed by atoms with Crippen LogP contribution >= 0.6 is 39.3 Å². The number of aliphatic hydroxyl groups is 1. The first kappa shape index (κ1) is 24.1. The number of rotatable bonds is 6. The zero-order valence-corrected chi connectivity index (χ0v) is 20.4. The number of nitrogens with zero attached hydrogens (tertiary/aromatic N) is 1. The topological polar surface area (TPSA) is 85.2 Å². The van der Waals surface area contributed by atoms with Gasteiger partial charge in [0.2, 0.25) is 0 Å². The maximum absolute atomic E-state index is 12.7. The molecule has 2 aromatic rings. The molecule has 0 aliphatic carbocycles. The van der Waals surface area contributed by atoms with Gasteiger partial charge >= 0.3 is 5.97 Å². The molecule has 9 heteroatoms. The summed E-state index contributed by atoms with van der Waals surface area (Å²) in [4.78, 5) is 29.7. The lowest BCUT2D eigenvalue weighted by atomic mass is 10.1. The first-order valence-electron chi connectivity index (χ1n) is 9.66. The van der Waals surface area contributed by atoms with Crippen LogP contribution in [-0.2, 0) is 9.53 Å². The average Bonchev–Trinajstić information content (AvgIpc) is 3.05. The van der Waals surface area contributed by atoms with E-state index in [2.05, 4.69) is 20.9 Å². The minimum Gasteiger partial charge on any atom is -0.506 e. The fourth-order valence-electron chi connectivity index (χ4n) is 2.84. The Morgan fingerprint density at radius 2 is 1.94 bits per heavy atom. The second-order valence-electron chi connectivity index (χ2n) is 6.37. The van der Waals surface area contributed by atoms with E-state index in [1.165, 1.54) is 6.07 Å². The van der Waals surface area contributed by atoms with Gasteiger partial charge in [-0.2, -0.15) is 0 Å². The van der Waals surface area contributed by atoms with Crippen LogP contribution in [0.2, 0.25) is 5.02 Å². The highest BCUT2D eigenvalue weighted by Crippen LogP contribution is 2.40. The van der Waals surface area contributed by atoms with E-state index < -0.39 is 11.9 Å². The fourth-order valence-corrected chi connectivity index (χ4v) is 4.44. The van der Waals surface area contributed by atoms with Crippen LogP contribution in [0.4, 0.5) is 0 Å². The van der Waals surface area contributed by atoms with Crippen LogP contribution in [0.25, 0.3) is 6.08 Å². The van der Waals surface area contributed by atoms with Crippen LogP contribution < -0.4 is 4.74 Å². The minimum absolute atomic E-state index is 0.0325. The van der Waals surface area contributed by atoms with Crippen LogP contribution in [-0.4, -0.2) is 35.2 Å². The van der Waals surface area contributed by atoms with Gasteiger partial charge in [-0.15, -0.1) is 0 Å². The molecule has 1 N–H and O–H groups in total. The van der Waals surface area contributed by atoms with Crippen LogP contribution in [0.3, 0.4) is 0 Å². The maximum Gasteiger partial charge on any atom is 0.344 e. The van der Waals surface area contributed by atoms with Gasteiger partial charge in [0, 0.05) is 10.0 Å². The van der Waals surface area contributed by atoms with Crippen molar-refractivity contribution in [1.29, 1.82) is 0 Å². The van der Waals surface area contributed by atoms with Crippen molar-refractivity contribution in [2.45, 2.75) is 13.8 Å². The lowest BCUT2D eigenvalue weighted by Gasteiger charge is -2.08. The summed E-state index contributed by atoms with van der Waals surface area (Å²) >= 11 is 10.5. The van der Waals surface area contributed by atoms with E-state index in [0.717, 1.165) is 16.2 Å². The number of amides is 1. The van der Waals surface area contributed by atoms with Crippen molar-refractivity contribution < 1.29 is 24.2 Å². The van der Waals surface area contributed by atoms with Gasteiger partial charge in [-0.05, 0) is 50.3 Å². The molecule has 0 aromatic heterocycles. The molecule has 1 amide bonds. The number of carbonyl (C=O) groups excluding carboxylic acids is 2. The zero-order valence-electron chi connectivity index (χ0n) is 17.2. The van der Waals surface area contributed by atoms with E-state index in [4.69, 9.17) is 21.1 Å². The number of esters is 1. The molecular formula is C23H19BrClNO5S. The SMILES string of the molecule is CCOC(=O)C1=C(O)/C(=C/c2cc(Br)ccc2OCC)SC1=NC(=O)c1ccccc1Cl. The van der Waals surface area contributed by atoms with E-state index in [1.54, 1.807) is 37.3 Å². The zero-order chi connectivity index (χ0) is 23.3. The average molecular weight is 537 g/mol. The third-order valence-corrected chi connectivity index (χ3v) is 6.08. The lowest BCUT2D eigenvalue weighted by molar-refractivity contribution is -0.138. The Hall–Kier alpha value is -2.55. The summed E-state index contributed by atoms with van der Waals surface area (Å²) in [5.41, 5.74) is 0.696. The summed E-state index contributed by atoms with van der Waals surface area (Å²) < 4.78 is 11.5. The number of aliphatic imine (C=N–C) groups is 1. The Labute approximate surface area is 203 Å². The molecular weight excluding hydrogens is 518 g/mol. The molecule has 6 nitrogen and oxygen atoms in total. The number of benzene rings is 2. The van der Waals surface area contributed by atoms with Gasteiger partial charge in [-0.1, -0.05) is 51.4 Å². The van der Waals surface area contributed by atoms with Gasteiger partial charge < -0.3 is 14.6 Å². The highest BCUT2D eigenvalue weighted by atomic mass is 79.9. The van der Waals surface area contributed by atoms with Crippen molar-refractivity contribution in [3.63, 3.8) is 0 Å². The molecule has 1 heterocycles. The van der Waals surface area contributed by atoms with Crippen molar-refractivity contribution in [1.82, 2.24) is 0 Å². The summed E-state index contributed by atoms with van der Waals surface area (Å²) in [5.74, 6) is -1.12. The second-order valence-corrected chi connectivity index (χ2v) is 8.73. The van der Waals surface area contributed by atoms with Gasteiger partial charge in [0.1, 0.15) is 22.1 Å². The van der Waals surface area contributed by atoms with Crippen molar-refractivity contribution in [2.75, 3.05) is 13.2 Å². The van der Waals surface area contributed by atoms with E-state index in [-0.39, 0.29) is 33.6 Å². The number of hydrogen-bond donors (Lipinski definition) is 1. The number of hydrogen-bond acceptors (Lipinski definition) is 6. The van der Waals surface area contributed by atoms with Gasteiger partial charge in [0.15, 0.2) is 0 Å². The van der Waals surface area contributed by atoms with E-state index >= 15 is 0 Å². The normalized spacial score (nSPS) is 16.0. The number of ether oxygens (including phenoxy) is 2. The summed E-state index contributed by atoms with van der Waals surface area (Å²) in [6.45, 7) is 4.08. The fraction of sp³-hybridized carbons (Fsp3) is 0.174. The molecule has 1 aliphatic rings. The van der Waals surface area contributed by atoms with Gasteiger partial charge in [0.25, 0.3) is 5.91 Å². The summed E-state index contributed by atoms with van der Waals surface area (Å²) in [7, 11) is 0. The molecule has 3 rings (SSSR count). The third kappa shape index (κ3) is 5.43. The predicted octanol–water partition coefficient (Wildman–Crippen LogP) is 6.20. The molecule has 32 heavy (non-hydrogen) atoms. The first-order chi connectivity index (χ1) is 15.3. The van der Waals surface area contributed by atoms with Crippen molar-refractivity contribution >= 4 is 62.3 Å². The maximum atomic E-state index is 12.7. The molecule has 0 radical (unpaired) electrons. The molecule has 1 aliphatic heterocycles. The molecule has 0 saturated heterocycles. The monoisotopic (exact) mass is 535 g/mol. The first-order valence-corrected chi connectivity index (χ1v) is 11.6. The summed E-state index contributed by atoms with van der Waals surface area (Å²) in [5, 5.41) is 11.1. The van der Waals surface area contributed by atoms with Crippen LogP contribution in [0, 0.1) is 0 Å². The van der Waals surface area contributed by atoms with Crippen LogP contribution in [0.5, 0.6) is 5.75 Å². The largest absolute Gasteiger partial charge is 0.506 e. The third-order valence-electron chi connectivity index (χ3n) is 4.24. The van der Waals surface area contributed by atoms with Gasteiger partial charge in [-0.3, -0.25) is 4.79 Å². The Balaban J connectivity index is 2.07. The second kappa shape index (κ2) is 10.8. The molecule has 0 spiro atoms. The Bertz CT molecular complexity index is 1160. The van der Waals surface area contributed by atoms with Crippen molar-refractivity contribution in [3.8, 4) is 5.75 Å². The van der Waals surface area contributed by atoms with Gasteiger partial charge in [0.05, 0.1) is 28.7 Å². The molecule has 0 bridgehead atoms. The standard InChI is InChI=1S/C23H19BrClNO5S/c1-3-30-17-10-9-14(24)11-13(17)12-18-20(27)19(23(29)31-4-2)22(32-18)26-21(28)15-7-5-6-8-16(15)25/h5-12,27H,3-4H2,1-2H3/b18-12-,26-22?. The predicted molar refractivity (Wildman–Crippen MR) is 130 cm³/mol. The molecule has 0 saturated carbocycles. The summed E-state index contributed by atoms with van der Waals surface area (Å²) in [6.07, 6.45) is 1.66. The van der Waals surface area contributed by atoms with Crippen LogP contribution in [0.1, 0.15) is 29.8 Å². The Kier molecular flexibility index (Phi) is 8.17. The smallest absolute Gasteiger partial charge is 0.344 e. The van der Waals surface area contributed by atoms with Crippen molar-refractivity contribution in [3.05, 3.63) is 79.3 Å². The van der Waals surface area contributed by atoms with Gasteiger partial charge in [-0.25, -0.2) is 9.79 Å². The molecule has 0 fully saturated rings. The quantitative estimate of drug-likeness (QED) is 0.442. The Morgan fingerprint density at radius 1 is 1.19 bits per heavy atom. The number of halogens is 2.